The Bertz CT molecular complexity index is 366. The van der Waals surface area contributed by atoms with Crippen LogP contribution in [-0.4, -0.2) is 13.2 Å². The molecule has 0 atom stereocenters. The average Bonchev–Trinajstić information content (AvgIpc) is 3.12. The molecule has 0 radical (unpaired) electrons. The van der Waals surface area contributed by atoms with Crippen LogP contribution in [0.3, 0.4) is 0 Å². The van der Waals surface area contributed by atoms with Crippen molar-refractivity contribution in [3.05, 3.63) is 28.2 Å². The zero-order chi connectivity index (χ0) is 12.1. The molecule has 0 aliphatic heterocycles. The Kier molecular flexibility index (Phi) is 4.83. The van der Waals surface area contributed by atoms with Gasteiger partial charge in [-0.3, -0.25) is 4.84 Å². The normalized spacial score (nSPS) is 14.9. The summed E-state index contributed by atoms with van der Waals surface area (Å²) < 4.78 is 6.73. The highest BCUT2D eigenvalue weighted by molar-refractivity contribution is 9.10. The van der Waals surface area contributed by atoms with E-state index < -0.39 is 0 Å². The van der Waals surface area contributed by atoms with E-state index in [1.807, 2.05) is 25.1 Å². The second-order valence-corrected chi connectivity index (χ2v) is 5.16. The number of halogens is 1. The van der Waals surface area contributed by atoms with Crippen molar-refractivity contribution in [1.82, 2.24) is 5.48 Å². The lowest BCUT2D eigenvalue weighted by Gasteiger charge is -2.09. The van der Waals surface area contributed by atoms with Gasteiger partial charge in [0.1, 0.15) is 5.75 Å². The predicted octanol–water partition coefficient (Wildman–Crippen LogP) is 3.28. The number of rotatable bonds is 7. The first-order chi connectivity index (χ1) is 8.29. The predicted molar refractivity (Wildman–Crippen MR) is 70.8 cm³/mol. The van der Waals surface area contributed by atoms with Gasteiger partial charge in [0.15, 0.2) is 0 Å². The molecule has 0 heterocycles. The van der Waals surface area contributed by atoms with Crippen LogP contribution in [0.25, 0.3) is 0 Å². The van der Waals surface area contributed by atoms with E-state index in [1.165, 1.54) is 12.8 Å². The molecule has 2 rings (SSSR count). The van der Waals surface area contributed by atoms with Gasteiger partial charge in [-0.15, -0.1) is 0 Å². The van der Waals surface area contributed by atoms with Crippen molar-refractivity contribution in [2.75, 3.05) is 13.2 Å². The quantitative estimate of drug-likeness (QED) is 0.619. The SMILES string of the molecule is CCNOCc1ccc(OCC2CC2)c(Br)c1. The number of nitrogens with one attached hydrogen (secondary N) is 1. The molecule has 0 spiro atoms. The molecular formula is C13H18BrNO2. The van der Waals surface area contributed by atoms with Gasteiger partial charge in [0.25, 0.3) is 0 Å². The molecule has 0 bridgehead atoms. The minimum absolute atomic E-state index is 0.565. The minimum atomic E-state index is 0.565. The monoisotopic (exact) mass is 299 g/mol. The van der Waals surface area contributed by atoms with Gasteiger partial charge in [-0.1, -0.05) is 13.0 Å². The smallest absolute Gasteiger partial charge is 0.133 e. The second-order valence-electron chi connectivity index (χ2n) is 4.31. The maximum atomic E-state index is 5.74. The van der Waals surface area contributed by atoms with Gasteiger partial charge in [0.05, 0.1) is 17.7 Å². The van der Waals surface area contributed by atoms with Gasteiger partial charge in [-0.05, 0) is 52.4 Å². The van der Waals surface area contributed by atoms with E-state index in [0.717, 1.165) is 34.9 Å². The van der Waals surface area contributed by atoms with Crippen molar-refractivity contribution < 1.29 is 9.57 Å². The van der Waals surface area contributed by atoms with E-state index in [0.29, 0.717) is 6.61 Å². The molecule has 0 amide bonds. The second kappa shape index (κ2) is 6.38. The van der Waals surface area contributed by atoms with E-state index in [2.05, 4.69) is 21.4 Å². The summed E-state index contributed by atoms with van der Waals surface area (Å²) in [4.78, 5) is 5.26. The van der Waals surface area contributed by atoms with E-state index in [-0.39, 0.29) is 0 Å². The highest BCUT2D eigenvalue weighted by Gasteiger charge is 2.22. The van der Waals surface area contributed by atoms with Gasteiger partial charge in [0.2, 0.25) is 0 Å². The van der Waals surface area contributed by atoms with Crippen LogP contribution in [0.15, 0.2) is 22.7 Å². The highest BCUT2D eigenvalue weighted by Crippen LogP contribution is 2.32. The summed E-state index contributed by atoms with van der Waals surface area (Å²) in [5, 5.41) is 0. The molecule has 1 aliphatic carbocycles. The van der Waals surface area contributed by atoms with Crippen molar-refractivity contribution in [3.8, 4) is 5.75 Å². The summed E-state index contributed by atoms with van der Waals surface area (Å²) in [7, 11) is 0. The zero-order valence-corrected chi connectivity index (χ0v) is 11.6. The number of benzene rings is 1. The third kappa shape index (κ3) is 4.30. The summed E-state index contributed by atoms with van der Waals surface area (Å²) in [6, 6.07) is 6.07. The summed E-state index contributed by atoms with van der Waals surface area (Å²) in [6.07, 6.45) is 2.62. The van der Waals surface area contributed by atoms with Crippen molar-refractivity contribution in [1.29, 1.82) is 0 Å². The van der Waals surface area contributed by atoms with E-state index in [4.69, 9.17) is 9.57 Å². The Hall–Kier alpha value is -0.580. The van der Waals surface area contributed by atoms with Gasteiger partial charge in [-0.2, -0.15) is 0 Å². The fourth-order valence-electron chi connectivity index (χ4n) is 1.48. The molecular weight excluding hydrogens is 282 g/mol. The third-order valence-electron chi connectivity index (χ3n) is 2.65. The highest BCUT2D eigenvalue weighted by atomic mass is 79.9. The van der Waals surface area contributed by atoms with E-state index in [9.17, 15) is 0 Å². The summed E-state index contributed by atoms with van der Waals surface area (Å²) >= 11 is 3.53. The first-order valence-corrected chi connectivity index (χ1v) is 6.84. The van der Waals surface area contributed by atoms with Crippen LogP contribution in [0.5, 0.6) is 5.75 Å². The summed E-state index contributed by atoms with van der Waals surface area (Å²) in [5.74, 6) is 1.70. The summed E-state index contributed by atoms with van der Waals surface area (Å²) in [5.41, 5.74) is 3.95. The number of hydrogen-bond donors (Lipinski definition) is 1. The molecule has 1 aliphatic rings. The van der Waals surface area contributed by atoms with E-state index in [1.54, 1.807) is 0 Å². The number of hydroxylamine groups is 1. The Morgan fingerprint density at radius 2 is 2.24 bits per heavy atom. The Morgan fingerprint density at radius 3 is 2.88 bits per heavy atom. The Morgan fingerprint density at radius 1 is 1.41 bits per heavy atom. The molecule has 94 valence electrons. The summed E-state index contributed by atoms with van der Waals surface area (Å²) in [6.45, 7) is 4.22. The molecule has 1 N–H and O–H groups in total. The maximum absolute atomic E-state index is 5.74. The molecule has 1 fully saturated rings. The van der Waals surface area contributed by atoms with Crippen LogP contribution < -0.4 is 10.2 Å². The third-order valence-corrected chi connectivity index (χ3v) is 3.27. The lowest BCUT2D eigenvalue weighted by atomic mass is 10.2. The molecule has 17 heavy (non-hydrogen) atoms. The number of ether oxygens (including phenoxy) is 1. The zero-order valence-electron chi connectivity index (χ0n) is 10.0. The van der Waals surface area contributed by atoms with Crippen LogP contribution >= 0.6 is 15.9 Å². The minimum Gasteiger partial charge on any atom is -0.492 e. The number of hydrogen-bond acceptors (Lipinski definition) is 3. The average molecular weight is 300 g/mol. The fraction of sp³-hybridized carbons (Fsp3) is 0.538. The van der Waals surface area contributed by atoms with Gasteiger partial charge in [0, 0.05) is 6.54 Å². The van der Waals surface area contributed by atoms with Crippen LogP contribution in [0, 0.1) is 5.92 Å². The van der Waals surface area contributed by atoms with Gasteiger partial charge < -0.3 is 4.74 Å². The van der Waals surface area contributed by atoms with Crippen molar-refractivity contribution in [2.45, 2.75) is 26.4 Å². The van der Waals surface area contributed by atoms with Crippen molar-refractivity contribution in [3.63, 3.8) is 0 Å². The standard InChI is InChI=1S/C13H18BrNO2/c1-2-15-17-9-11-5-6-13(12(14)7-11)16-8-10-3-4-10/h5-7,10,15H,2-4,8-9H2,1H3. The largest absolute Gasteiger partial charge is 0.492 e. The molecule has 0 saturated heterocycles. The molecule has 0 aromatic heterocycles. The van der Waals surface area contributed by atoms with Crippen LogP contribution in [0.1, 0.15) is 25.3 Å². The van der Waals surface area contributed by atoms with Gasteiger partial charge >= 0.3 is 0 Å². The van der Waals surface area contributed by atoms with Crippen LogP contribution in [0.2, 0.25) is 0 Å². The topological polar surface area (TPSA) is 30.5 Å². The van der Waals surface area contributed by atoms with Crippen molar-refractivity contribution in [2.24, 2.45) is 5.92 Å². The molecule has 0 unspecified atom stereocenters. The molecule has 1 saturated carbocycles. The molecule has 1 aromatic rings. The maximum Gasteiger partial charge on any atom is 0.133 e. The van der Waals surface area contributed by atoms with Crippen LogP contribution in [0.4, 0.5) is 0 Å². The Labute approximate surface area is 111 Å². The molecule has 1 aromatic carbocycles. The first-order valence-electron chi connectivity index (χ1n) is 6.05. The first kappa shape index (κ1) is 12.9. The fourth-order valence-corrected chi connectivity index (χ4v) is 2.02. The van der Waals surface area contributed by atoms with Crippen LogP contribution in [-0.2, 0) is 11.4 Å². The molecule has 4 heteroatoms. The van der Waals surface area contributed by atoms with Gasteiger partial charge in [-0.25, -0.2) is 5.48 Å². The Balaban J connectivity index is 1.85. The molecule has 3 nitrogen and oxygen atoms in total. The van der Waals surface area contributed by atoms with E-state index >= 15 is 0 Å². The lowest BCUT2D eigenvalue weighted by molar-refractivity contribution is 0.0313. The lowest BCUT2D eigenvalue weighted by Crippen LogP contribution is -2.13. The van der Waals surface area contributed by atoms with Crippen molar-refractivity contribution >= 4 is 15.9 Å².